The highest BCUT2D eigenvalue weighted by molar-refractivity contribution is 9.10. The predicted molar refractivity (Wildman–Crippen MR) is 54.2 cm³/mol. The van der Waals surface area contributed by atoms with E-state index in [1.807, 2.05) is 0 Å². The molecule has 4 heteroatoms. The summed E-state index contributed by atoms with van der Waals surface area (Å²) in [6.07, 6.45) is 0.418. The largest absolute Gasteiger partial charge is 0.294 e. The van der Waals surface area contributed by atoms with Crippen LogP contribution in [0.25, 0.3) is 0 Å². The lowest BCUT2D eigenvalue weighted by molar-refractivity contribution is 0.0987. The molecule has 0 unspecified atom stereocenters. The van der Waals surface area contributed by atoms with Gasteiger partial charge >= 0.3 is 0 Å². The Morgan fingerprint density at radius 3 is 2.77 bits per heavy atom. The van der Waals surface area contributed by atoms with Crippen LogP contribution < -0.4 is 0 Å². The summed E-state index contributed by atoms with van der Waals surface area (Å²) in [5, 5.41) is 2.80. The van der Waals surface area contributed by atoms with E-state index >= 15 is 0 Å². The fraction of sp³-hybridized carbons (Fsp3) is 0.222. The van der Waals surface area contributed by atoms with Crippen LogP contribution in [0.1, 0.15) is 23.7 Å². The van der Waals surface area contributed by atoms with Crippen molar-refractivity contribution in [3.63, 3.8) is 0 Å². The Labute approximate surface area is 84.3 Å². The number of rotatable bonds is 3. The van der Waals surface area contributed by atoms with Gasteiger partial charge in [0.15, 0.2) is 5.78 Å². The van der Waals surface area contributed by atoms with Crippen molar-refractivity contribution in [2.75, 3.05) is 0 Å². The van der Waals surface area contributed by atoms with Gasteiger partial charge in [0.05, 0.1) is 4.47 Å². The molecule has 13 heavy (non-hydrogen) atoms. The minimum absolute atomic E-state index is 0.00243. The fourth-order valence-corrected chi connectivity index (χ4v) is 1.55. The quantitative estimate of drug-likeness (QED) is 0.602. The van der Waals surface area contributed by atoms with Gasteiger partial charge in [0, 0.05) is 12.0 Å². The molecule has 0 heterocycles. The van der Waals surface area contributed by atoms with Crippen LogP contribution in [0.15, 0.2) is 27.8 Å². The zero-order valence-corrected chi connectivity index (χ0v) is 8.67. The minimum Gasteiger partial charge on any atom is -0.294 e. The first-order valence-corrected chi connectivity index (χ1v) is 4.65. The summed E-state index contributed by atoms with van der Waals surface area (Å²) in [6.45, 7) is 1.77. The molecule has 1 aromatic rings. The second-order valence-corrected chi connectivity index (χ2v) is 3.30. The topological polar surface area (TPSA) is 46.5 Å². The van der Waals surface area contributed by atoms with Crippen molar-refractivity contribution in [1.82, 2.24) is 0 Å². The summed E-state index contributed by atoms with van der Waals surface area (Å²) in [4.78, 5) is 21.6. The Morgan fingerprint density at radius 2 is 2.23 bits per heavy atom. The van der Waals surface area contributed by atoms with Crippen LogP contribution in [0, 0.1) is 4.91 Å². The number of nitrogens with zero attached hydrogens (tertiary/aromatic N) is 1. The van der Waals surface area contributed by atoms with Crippen molar-refractivity contribution in [3.05, 3.63) is 33.1 Å². The van der Waals surface area contributed by atoms with Crippen molar-refractivity contribution >= 4 is 27.4 Å². The zero-order valence-electron chi connectivity index (χ0n) is 7.08. The van der Waals surface area contributed by atoms with E-state index in [4.69, 9.17) is 0 Å². The molecule has 0 aromatic heterocycles. The number of benzene rings is 1. The molecule has 3 nitrogen and oxygen atoms in total. The number of ketones is 1. The van der Waals surface area contributed by atoms with Crippen molar-refractivity contribution < 1.29 is 4.79 Å². The molecule has 0 aliphatic heterocycles. The number of carbonyl (C=O) groups excluding carboxylic acids is 1. The molecule has 0 aliphatic carbocycles. The van der Waals surface area contributed by atoms with Crippen molar-refractivity contribution in [2.45, 2.75) is 13.3 Å². The molecule has 0 N–H and O–H groups in total. The van der Waals surface area contributed by atoms with Crippen LogP contribution in [0.2, 0.25) is 0 Å². The molecule has 0 bridgehead atoms. The number of hydrogen-bond donors (Lipinski definition) is 0. The van der Waals surface area contributed by atoms with Gasteiger partial charge in [-0.2, -0.15) is 0 Å². The molecule has 1 rings (SSSR count). The third kappa shape index (κ3) is 2.01. The number of nitroso groups, excluding NO2 is 1. The SMILES string of the molecule is CCC(=O)c1cccc(N=O)c1Br. The molecule has 0 aliphatic rings. The maximum Gasteiger partial charge on any atom is 0.163 e. The van der Waals surface area contributed by atoms with Gasteiger partial charge < -0.3 is 0 Å². The van der Waals surface area contributed by atoms with E-state index in [9.17, 15) is 9.70 Å². The lowest BCUT2D eigenvalue weighted by atomic mass is 10.1. The highest BCUT2D eigenvalue weighted by Crippen LogP contribution is 2.29. The second-order valence-electron chi connectivity index (χ2n) is 2.51. The van der Waals surface area contributed by atoms with E-state index in [1.165, 1.54) is 0 Å². The standard InChI is InChI=1S/C9H8BrNO2/c1-2-8(12)6-4-3-5-7(11-13)9(6)10/h3-5H,2H2,1H3. The molecule has 0 amide bonds. The number of halogens is 1. The molecule has 0 saturated heterocycles. The second kappa shape index (κ2) is 4.28. The first-order valence-electron chi connectivity index (χ1n) is 3.85. The highest BCUT2D eigenvalue weighted by atomic mass is 79.9. The molecule has 1 aromatic carbocycles. The van der Waals surface area contributed by atoms with Crippen LogP contribution in [-0.4, -0.2) is 5.78 Å². The van der Waals surface area contributed by atoms with Gasteiger partial charge in [-0.3, -0.25) is 4.79 Å². The molecule has 0 radical (unpaired) electrons. The van der Waals surface area contributed by atoms with E-state index in [0.717, 1.165) is 0 Å². The van der Waals surface area contributed by atoms with E-state index in [2.05, 4.69) is 21.1 Å². The van der Waals surface area contributed by atoms with Crippen LogP contribution in [0.5, 0.6) is 0 Å². The summed E-state index contributed by atoms with van der Waals surface area (Å²) >= 11 is 3.17. The van der Waals surface area contributed by atoms with Crippen LogP contribution in [0.3, 0.4) is 0 Å². The van der Waals surface area contributed by atoms with Gasteiger partial charge in [-0.25, -0.2) is 0 Å². The van der Waals surface area contributed by atoms with E-state index in [0.29, 0.717) is 16.5 Å². The molecule has 0 atom stereocenters. The monoisotopic (exact) mass is 241 g/mol. The zero-order chi connectivity index (χ0) is 9.84. The Kier molecular flexibility index (Phi) is 3.31. The van der Waals surface area contributed by atoms with Crippen LogP contribution in [0.4, 0.5) is 5.69 Å². The smallest absolute Gasteiger partial charge is 0.163 e. The summed E-state index contributed by atoms with van der Waals surface area (Å²) in [5.41, 5.74) is 0.777. The lowest BCUT2D eigenvalue weighted by Crippen LogP contribution is -1.97. The van der Waals surface area contributed by atoms with Crippen LogP contribution >= 0.6 is 15.9 Å². The number of Topliss-reactive ketones (excluding diaryl/α,β-unsaturated/α-hetero) is 1. The van der Waals surface area contributed by atoms with Crippen molar-refractivity contribution in [3.8, 4) is 0 Å². The summed E-state index contributed by atoms with van der Waals surface area (Å²) in [6, 6.07) is 4.87. The minimum atomic E-state index is -0.00243. The summed E-state index contributed by atoms with van der Waals surface area (Å²) in [7, 11) is 0. The Balaban J connectivity index is 3.23. The summed E-state index contributed by atoms with van der Waals surface area (Å²) in [5.74, 6) is -0.00243. The molecule has 0 saturated carbocycles. The first-order chi connectivity index (χ1) is 6.20. The Morgan fingerprint density at radius 1 is 1.54 bits per heavy atom. The molecule has 0 fully saturated rings. The molecule has 0 spiro atoms. The van der Waals surface area contributed by atoms with Crippen molar-refractivity contribution in [2.24, 2.45) is 5.18 Å². The Bertz CT molecular complexity index is 349. The third-order valence-corrected chi connectivity index (χ3v) is 2.53. The molecular weight excluding hydrogens is 234 g/mol. The third-order valence-electron chi connectivity index (χ3n) is 1.70. The first kappa shape index (κ1) is 10.1. The Hall–Kier alpha value is -1.03. The molecule has 68 valence electrons. The van der Waals surface area contributed by atoms with E-state index in [1.54, 1.807) is 25.1 Å². The van der Waals surface area contributed by atoms with E-state index < -0.39 is 0 Å². The van der Waals surface area contributed by atoms with Gasteiger partial charge in [-0.1, -0.05) is 19.1 Å². The number of hydrogen-bond acceptors (Lipinski definition) is 3. The fourth-order valence-electron chi connectivity index (χ4n) is 0.996. The average Bonchev–Trinajstić information content (AvgIpc) is 2.17. The van der Waals surface area contributed by atoms with Crippen LogP contribution in [-0.2, 0) is 0 Å². The van der Waals surface area contributed by atoms with Gasteiger partial charge in [0.25, 0.3) is 0 Å². The maximum absolute atomic E-state index is 11.3. The van der Waals surface area contributed by atoms with Gasteiger partial charge in [0.1, 0.15) is 5.69 Å². The molecular formula is C9H8BrNO2. The van der Waals surface area contributed by atoms with E-state index in [-0.39, 0.29) is 11.5 Å². The maximum atomic E-state index is 11.3. The normalized spacial score (nSPS) is 9.69. The average molecular weight is 242 g/mol. The number of carbonyl (C=O) groups is 1. The lowest BCUT2D eigenvalue weighted by Gasteiger charge is -2.01. The van der Waals surface area contributed by atoms with Gasteiger partial charge in [-0.05, 0) is 27.2 Å². The van der Waals surface area contributed by atoms with Gasteiger partial charge in [-0.15, -0.1) is 4.91 Å². The van der Waals surface area contributed by atoms with Gasteiger partial charge in [0.2, 0.25) is 0 Å². The van der Waals surface area contributed by atoms with Crippen molar-refractivity contribution in [1.29, 1.82) is 0 Å². The summed E-state index contributed by atoms with van der Waals surface area (Å²) < 4.78 is 0.483. The highest BCUT2D eigenvalue weighted by Gasteiger charge is 2.10. The predicted octanol–water partition coefficient (Wildman–Crippen LogP) is 3.44.